The number of amides is 3. The maximum atomic E-state index is 12.5. The number of pyridine rings is 1. The van der Waals surface area contributed by atoms with Crippen LogP contribution in [0.1, 0.15) is 54.2 Å². The van der Waals surface area contributed by atoms with Gasteiger partial charge < -0.3 is 10.1 Å². The van der Waals surface area contributed by atoms with Crippen molar-refractivity contribution in [2.75, 3.05) is 6.61 Å². The Morgan fingerprint density at radius 3 is 2.62 bits per heavy atom. The molecule has 0 unspecified atom stereocenters. The number of rotatable bonds is 4. The third-order valence-electron chi connectivity index (χ3n) is 5.55. The molecule has 2 aromatic rings. The van der Waals surface area contributed by atoms with Gasteiger partial charge in [-0.05, 0) is 44.2 Å². The largest absolute Gasteiger partial charge is 0.452 e. The number of urea groups is 1. The zero-order valence-electron chi connectivity index (χ0n) is 17.1. The first-order valence-corrected chi connectivity index (χ1v) is 10.00. The zero-order chi connectivity index (χ0) is 21.0. The van der Waals surface area contributed by atoms with E-state index in [9.17, 15) is 14.4 Å². The molecular formula is C22H27N3O4. The molecule has 1 aromatic carbocycles. The summed E-state index contributed by atoms with van der Waals surface area (Å²) in [5, 5.41) is 5.92. The predicted octanol–water partition coefficient (Wildman–Crippen LogP) is 3.41. The van der Waals surface area contributed by atoms with Crippen LogP contribution < -0.4 is 10.6 Å². The lowest BCUT2D eigenvalue weighted by Gasteiger charge is -2.29. The van der Waals surface area contributed by atoms with Gasteiger partial charge in [0.2, 0.25) is 0 Å². The molecule has 3 rings (SSSR count). The predicted molar refractivity (Wildman–Crippen MR) is 110 cm³/mol. The van der Waals surface area contributed by atoms with Crippen molar-refractivity contribution in [3.63, 3.8) is 0 Å². The lowest BCUT2D eigenvalue weighted by molar-refractivity contribution is -0.123. The smallest absolute Gasteiger partial charge is 0.340 e. The highest BCUT2D eigenvalue weighted by Gasteiger charge is 2.24. The molecule has 0 saturated heterocycles. The Morgan fingerprint density at radius 2 is 1.86 bits per heavy atom. The summed E-state index contributed by atoms with van der Waals surface area (Å²) < 4.78 is 5.14. The lowest BCUT2D eigenvalue weighted by atomic mass is 9.86. The normalized spacial score (nSPS) is 18.9. The fraction of sp³-hybridized carbons (Fsp3) is 0.455. The number of esters is 1. The third-order valence-corrected chi connectivity index (χ3v) is 5.55. The highest BCUT2D eigenvalue weighted by atomic mass is 16.5. The van der Waals surface area contributed by atoms with Crippen molar-refractivity contribution < 1.29 is 19.1 Å². The summed E-state index contributed by atoms with van der Waals surface area (Å²) in [6.45, 7) is 5.12. The van der Waals surface area contributed by atoms with Gasteiger partial charge in [0.05, 0.1) is 16.8 Å². The summed E-state index contributed by atoms with van der Waals surface area (Å²) in [5.74, 6) is -0.910. The summed E-state index contributed by atoms with van der Waals surface area (Å²) in [7, 11) is 0. The van der Waals surface area contributed by atoms with Crippen molar-refractivity contribution in [3.05, 3.63) is 41.1 Å². The van der Waals surface area contributed by atoms with Crippen molar-refractivity contribution in [2.24, 2.45) is 5.92 Å². The molecule has 1 aliphatic rings. The Labute approximate surface area is 170 Å². The molecule has 2 atom stereocenters. The molecule has 7 heteroatoms. The second-order valence-electron chi connectivity index (χ2n) is 7.68. The van der Waals surface area contributed by atoms with E-state index in [-0.39, 0.29) is 6.04 Å². The SMILES string of the molecule is Cc1nc2ccccc2c(C)c1C(=O)OCC(=O)NC(=O)N[C@@H]1CCCC[C@H]1C. The van der Waals surface area contributed by atoms with E-state index < -0.39 is 24.5 Å². The number of aromatic nitrogens is 1. The molecule has 0 bridgehead atoms. The van der Waals surface area contributed by atoms with Gasteiger partial charge in [-0.2, -0.15) is 0 Å². The molecule has 1 saturated carbocycles. The molecule has 1 aliphatic carbocycles. The van der Waals surface area contributed by atoms with E-state index in [1.165, 1.54) is 0 Å². The van der Waals surface area contributed by atoms with Gasteiger partial charge in [-0.1, -0.05) is 38.0 Å². The highest BCUT2D eigenvalue weighted by molar-refractivity contribution is 6.00. The number of fused-ring (bicyclic) bond motifs is 1. The van der Waals surface area contributed by atoms with Gasteiger partial charge in [-0.3, -0.25) is 15.1 Å². The number of carbonyl (C=O) groups excluding carboxylic acids is 3. The fourth-order valence-electron chi connectivity index (χ4n) is 3.93. The quantitative estimate of drug-likeness (QED) is 0.771. The number of nitrogens with one attached hydrogen (secondary N) is 2. The summed E-state index contributed by atoms with van der Waals surface area (Å²) in [6.07, 6.45) is 4.21. The molecule has 0 spiro atoms. The second kappa shape index (κ2) is 9.03. The van der Waals surface area contributed by atoms with Crippen LogP contribution in [0.25, 0.3) is 10.9 Å². The average Bonchev–Trinajstić information content (AvgIpc) is 2.68. The number of imide groups is 1. The minimum Gasteiger partial charge on any atom is -0.452 e. The Hall–Kier alpha value is -2.96. The van der Waals surface area contributed by atoms with Gasteiger partial charge in [0.1, 0.15) is 0 Å². The third kappa shape index (κ3) is 4.91. The summed E-state index contributed by atoms with van der Waals surface area (Å²) >= 11 is 0. The molecule has 0 aliphatic heterocycles. The van der Waals surface area contributed by atoms with Gasteiger partial charge >= 0.3 is 12.0 Å². The van der Waals surface area contributed by atoms with Gasteiger partial charge in [-0.15, -0.1) is 0 Å². The van der Waals surface area contributed by atoms with Crippen LogP contribution in [0.15, 0.2) is 24.3 Å². The maximum absolute atomic E-state index is 12.5. The number of para-hydroxylation sites is 1. The van der Waals surface area contributed by atoms with Crippen molar-refractivity contribution in [1.29, 1.82) is 0 Å². The number of ether oxygens (including phenoxy) is 1. The summed E-state index contributed by atoms with van der Waals surface area (Å²) in [6, 6.07) is 7.04. The van der Waals surface area contributed by atoms with Crippen LogP contribution in [0.4, 0.5) is 4.79 Å². The van der Waals surface area contributed by atoms with E-state index in [0.717, 1.165) is 42.1 Å². The van der Waals surface area contributed by atoms with Gasteiger partial charge in [0, 0.05) is 11.4 Å². The van der Waals surface area contributed by atoms with E-state index in [1.807, 2.05) is 31.2 Å². The topological polar surface area (TPSA) is 97.4 Å². The molecule has 1 fully saturated rings. The Kier molecular flexibility index (Phi) is 6.46. The molecular weight excluding hydrogens is 370 g/mol. The second-order valence-corrected chi connectivity index (χ2v) is 7.68. The zero-order valence-corrected chi connectivity index (χ0v) is 17.1. The first-order valence-electron chi connectivity index (χ1n) is 10.00. The molecule has 3 amide bonds. The van der Waals surface area contributed by atoms with E-state index >= 15 is 0 Å². The average molecular weight is 397 g/mol. The van der Waals surface area contributed by atoms with Crippen LogP contribution in [0.2, 0.25) is 0 Å². The van der Waals surface area contributed by atoms with Crippen molar-refractivity contribution >= 4 is 28.8 Å². The number of hydrogen-bond acceptors (Lipinski definition) is 5. The molecule has 2 N–H and O–H groups in total. The van der Waals surface area contributed by atoms with Crippen molar-refractivity contribution in [1.82, 2.24) is 15.6 Å². The van der Waals surface area contributed by atoms with E-state index in [4.69, 9.17) is 4.74 Å². The molecule has 7 nitrogen and oxygen atoms in total. The number of hydrogen-bond donors (Lipinski definition) is 2. The molecule has 1 heterocycles. The number of benzene rings is 1. The Bertz CT molecular complexity index is 941. The monoisotopic (exact) mass is 397 g/mol. The van der Waals surface area contributed by atoms with Crippen LogP contribution in [0.5, 0.6) is 0 Å². The first-order chi connectivity index (χ1) is 13.9. The number of nitrogens with zero attached hydrogens (tertiary/aromatic N) is 1. The van der Waals surface area contributed by atoms with Gasteiger partial charge in [-0.25, -0.2) is 9.59 Å². The minimum atomic E-state index is -0.664. The van der Waals surface area contributed by atoms with Gasteiger partial charge in [0.15, 0.2) is 6.61 Å². The molecule has 29 heavy (non-hydrogen) atoms. The molecule has 0 radical (unpaired) electrons. The summed E-state index contributed by atoms with van der Waals surface area (Å²) in [4.78, 5) is 41.0. The Morgan fingerprint density at radius 1 is 1.14 bits per heavy atom. The van der Waals surface area contributed by atoms with Crippen LogP contribution >= 0.6 is 0 Å². The van der Waals surface area contributed by atoms with E-state index in [0.29, 0.717) is 17.2 Å². The highest BCUT2D eigenvalue weighted by Crippen LogP contribution is 2.24. The fourth-order valence-corrected chi connectivity index (χ4v) is 3.93. The Balaban J connectivity index is 1.57. The van der Waals surface area contributed by atoms with Crippen LogP contribution in [0.3, 0.4) is 0 Å². The van der Waals surface area contributed by atoms with Crippen LogP contribution in [-0.2, 0) is 9.53 Å². The number of aryl methyl sites for hydroxylation is 2. The summed E-state index contributed by atoms with van der Waals surface area (Å²) in [5.41, 5.74) is 2.43. The van der Waals surface area contributed by atoms with Crippen molar-refractivity contribution in [3.8, 4) is 0 Å². The maximum Gasteiger partial charge on any atom is 0.340 e. The standard InChI is InChI=1S/C22H27N3O4/c1-13-8-4-6-10-17(13)24-22(28)25-19(26)12-29-21(27)20-14(2)16-9-5-7-11-18(16)23-15(20)3/h5,7,9,11,13,17H,4,6,8,10,12H2,1-3H3,(H2,24,25,26,28)/t13-,17-/m1/s1. The van der Waals surface area contributed by atoms with Crippen LogP contribution in [0, 0.1) is 19.8 Å². The van der Waals surface area contributed by atoms with E-state index in [2.05, 4.69) is 22.5 Å². The van der Waals surface area contributed by atoms with Crippen LogP contribution in [-0.4, -0.2) is 35.5 Å². The lowest BCUT2D eigenvalue weighted by Crippen LogP contribution is -2.48. The first kappa shape index (κ1) is 20.8. The van der Waals surface area contributed by atoms with E-state index in [1.54, 1.807) is 6.92 Å². The molecule has 154 valence electrons. The van der Waals surface area contributed by atoms with Gasteiger partial charge in [0.25, 0.3) is 5.91 Å². The molecule has 1 aromatic heterocycles. The minimum absolute atomic E-state index is 0.0630. The number of carbonyl (C=O) groups is 3. The van der Waals surface area contributed by atoms with Crippen molar-refractivity contribution in [2.45, 2.75) is 52.5 Å².